The molecule has 0 aliphatic carbocycles. The van der Waals surface area contributed by atoms with Crippen LogP contribution in [-0.4, -0.2) is 31.1 Å². The van der Waals surface area contributed by atoms with Gasteiger partial charge in [0.25, 0.3) is 0 Å². The Hall–Kier alpha value is -3.26. The summed E-state index contributed by atoms with van der Waals surface area (Å²) in [7, 11) is 0. The number of hydrogen-bond acceptors (Lipinski definition) is 7. The van der Waals surface area contributed by atoms with E-state index in [-0.39, 0.29) is 0 Å². The van der Waals surface area contributed by atoms with Gasteiger partial charge in [0.15, 0.2) is 0 Å². The largest absolute Gasteiger partial charge is 0.493 e. The van der Waals surface area contributed by atoms with Gasteiger partial charge < -0.3 is 14.6 Å². The highest BCUT2D eigenvalue weighted by Gasteiger charge is 2.05. The minimum Gasteiger partial charge on any atom is -0.493 e. The monoisotopic (exact) mass is 392 g/mol. The summed E-state index contributed by atoms with van der Waals surface area (Å²) in [6.07, 6.45) is 8.28. The summed E-state index contributed by atoms with van der Waals surface area (Å²) in [5.74, 6) is 1.34. The smallest absolute Gasteiger partial charge is 0.227 e. The van der Waals surface area contributed by atoms with Gasteiger partial charge in [-0.05, 0) is 31.5 Å². The van der Waals surface area contributed by atoms with Gasteiger partial charge in [0.1, 0.15) is 16.5 Å². The Kier molecular flexibility index (Phi) is 5.58. The molecular formula is C20H20N6OS. The highest BCUT2D eigenvalue weighted by molar-refractivity contribution is 7.13. The van der Waals surface area contributed by atoms with Crippen LogP contribution in [0, 0.1) is 6.92 Å². The highest BCUT2D eigenvalue weighted by atomic mass is 32.1. The Bertz CT molecular complexity index is 1030. The quantitative estimate of drug-likeness (QED) is 0.450. The van der Waals surface area contributed by atoms with Crippen LogP contribution in [0.1, 0.15) is 12.1 Å². The van der Waals surface area contributed by atoms with Gasteiger partial charge in [-0.25, -0.2) is 19.9 Å². The number of nitrogens with one attached hydrogen (secondary N) is 1. The third-order valence-corrected chi connectivity index (χ3v) is 4.78. The van der Waals surface area contributed by atoms with Crippen LogP contribution >= 0.6 is 11.3 Å². The fourth-order valence-electron chi connectivity index (χ4n) is 2.71. The number of anilines is 2. The summed E-state index contributed by atoms with van der Waals surface area (Å²) in [4.78, 5) is 17.3. The van der Waals surface area contributed by atoms with Crippen molar-refractivity contribution in [2.75, 3.05) is 11.9 Å². The van der Waals surface area contributed by atoms with Gasteiger partial charge in [0, 0.05) is 42.3 Å². The lowest BCUT2D eigenvalue weighted by Gasteiger charge is -2.09. The molecule has 3 heterocycles. The molecule has 1 N–H and O–H groups in total. The van der Waals surface area contributed by atoms with Crippen molar-refractivity contribution in [2.24, 2.45) is 0 Å². The third-order valence-electron chi connectivity index (χ3n) is 3.99. The van der Waals surface area contributed by atoms with Gasteiger partial charge in [-0.15, -0.1) is 11.3 Å². The summed E-state index contributed by atoms with van der Waals surface area (Å²) < 4.78 is 7.95. The third kappa shape index (κ3) is 4.72. The molecule has 0 unspecified atom stereocenters. The Morgan fingerprint density at radius 3 is 2.93 bits per heavy atom. The Balaban J connectivity index is 1.34. The van der Waals surface area contributed by atoms with Crippen LogP contribution in [0.25, 0.3) is 10.7 Å². The van der Waals surface area contributed by atoms with Crippen molar-refractivity contribution < 1.29 is 4.74 Å². The molecule has 7 nitrogen and oxygen atoms in total. The molecule has 28 heavy (non-hydrogen) atoms. The van der Waals surface area contributed by atoms with Gasteiger partial charge in [-0.2, -0.15) is 0 Å². The van der Waals surface area contributed by atoms with Gasteiger partial charge in [0.2, 0.25) is 5.95 Å². The first-order valence-electron chi connectivity index (χ1n) is 8.97. The van der Waals surface area contributed by atoms with E-state index in [1.54, 1.807) is 23.7 Å². The maximum absolute atomic E-state index is 5.87. The van der Waals surface area contributed by atoms with Crippen molar-refractivity contribution in [2.45, 2.75) is 19.9 Å². The molecule has 4 aromatic rings. The van der Waals surface area contributed by atoms with Gasteiger partial charge >= 0.3 is 0 Å². The lowest BCUT2D eigenvalue weighted by Crippen LogP contribution is -2.03. The van der Waals surface area contributed by atoms with E-state index < -0.39 is 0 Å². The average molecular weight is 392 g/mol. The summed E-state index contributed by atoms with van der Waals surface area (Å²) in [6, 6.07) is 9.65. The molecule has 0 fully saturated rings. The first-order valence-corrected chi connectivity index (χ1v) is 9.85. The van der Waals surface area contributed by atoms with Crippen LogP contribution in [0.2, 0.25) is 0 Å². The lowest BCUT2D eigenvalue weighted by molar-refractivity contribution is 0.302. The number of hydrogen-bond donors (Lipinski definition) is 1. The normalized spacial score (nSPS) is 10.8. The van der Waals surface area contributed by atoms with Crippen LogP contribution in [0.15, 0.2) is 60.6 Å². The van der Waals surface area contributed by atoms with Crippen molar-refractivity contribution in [1.82, 2.24) is 24.5 Å². The Morgan fingerprint density at radius 1 is 1.14 bits per heavy atom. The van der Waals surface area contributed by atoms with Crippen molar-refractivity contribution >= 4 is 23.0 Å². The molecule has 3 aromatic heterocycles. The molecule has 0 aliphatic heterocycles. The molecule has 4 rings (SSSR count). The highest BCUT2D eigenvalue weighted by Crippen LogP contribution is 2.23. The minimum absolute atomic E-state index is 0.528. The molecular weight excluding hydrogens is 372 g/mol. The molecule has 1 aromatic carbocycles. The van der Waals surface area contributed by atoms with Crippen molar-refractivity contribution in [1.29, 1.82) is 0 Å². The van der Waals surface area contributed by atoms with Crippen molar-refractivity contribution in [3.63, 3.8) is 0 Å². The number of nitrogens with zero attached hydrogens (tertiary/aromatic N) is 5. The SMILES string of the molecule is Cc1cn(CCCOc2cccc(Nc3nccc(-c4nccs4)n3)c2)cn1. The van der Waals surface area contributed by atoms with Crippen molar-refractivity contribution in [3.8, 4) is 16.5 Å². The fraction of sp³-hybridized carbons (Fsp3) is 0.200. The topological polar surface area (TPSA) is 77.8 Å². The van der Waals surface area contributed by atoms with E-state index in [9.17, 15) is 0 Å². The first kappa shape index (κ1) is 18.1. The van der Waals surface area contributed by atoms with Crippen LogP contribution in [0.4, 0.5) is 11.6 Å². The number of aromatic nitrogens is 5. The van der Waals surface area contributed by atoms with Crippen LogP contribution < -0.4 is 10.1 Å². The summed E-state index contributed by atoms with van der Waals surface area (Å²) in [5.41, 5.74) is 2.70. The summed E-state index contributed by atoms with van der Waals surface area (Å²) >= 11 is 1.55. The van der Waals surface area contributed by atoms with E-state index in [0.717, 1.165) is 40.8 Å². The molecule has 8 heteroatoms. The molecule has 0 aliphatic rings. The second-order valence-electron chi connectivity index (χ2n) is 6.21. The Morgan fingerprint density at radius 2 is 2.11 bits per heavy atom. The van der Waals surface area contributed by atoms with E-state index in [2.05, 4.69) is 29.8 Å². The number of benzene rings is 1. The van der Waals surface area contributed by atoms with Crippen molar-refractivity contribution in [3.05, 3.63) is 66.3 Å². The molecule has 0 bridgehead atoms. The first-order chi connectivity index (χ1) is 13.8. The number of rotatable bonds is 8. The number of ether oxygens (including phenoxy) is 1. The van der Waals surface area contributed by atoms with E-state index in [1.807, 2.05) is 55.2 Å². The average Bonchev–Trinajstić information content (AvgIpc) is 3.38. The van der Waals surface area contributed by atoms with Gasteiger partial charge in [-0.3, -0.25) is 0 Å². The van der Waals surface area contributed by atoms with Gasteiger partial charge in [-0.1, -0.05) is 6.07 Å². The predicted octanol–water partition coefficient (Wildman–Crippen LogP) is 4.32. The molecule has 142 valence electrons. The molecule has 0 saturated carbocycles. The molecule has 0 saturated heterocycles. The van der Waals surface area contributed by atoms with E-state index in [1.165, 1.54) is 0 Å². The second kappa shape index (κ2) is 8.62. The standard InChI is InChI=1S/C20H20N6OS/c1-15-13-26(14-23-15)9-3-10-27-17-5-2-4-16(12-17)24-20-22-7-6-18(25-20)19-21-8-11-28-19/h2,4-8,11-14H,3,9-10H2,1H3,(H,22,24,25). The van der Waals surface area contributed by atoms with E-state index in [0.29, 0.717) is 12.6 Å². The molecule has 0 spiro atoms. The van der Waals surface area contributed by atoms with Crippen LogP contribution in [0.5, 0.6) is 5.75 Å². The van der Waals surface area contributed by atoms with E-state index in [4.69, 9.17) is 4.74 Å². The van der Waals surface area contributed by atoms with Gasteiger partial charge in [0.05, 0.1) is 18.6 Å². The maximum atomic E-state index is 5.87. The zero-order chi connectivity index (χ0) is 19.2. The summed E-state index contributed by atoms with van der Waals surface area (Å²) in [6.45, 7) is 3.51. The van der Waals surface area contributed by atoms with Crippen LogP contribution in [-0.2, 0) is 6.54 Å². The second-order valence-corrected chi connectivity index (χ2v) is 7.11. The Labute approximate surface area is 167 Å². The molecule has 0 atom stereocenters. The number of aryl methyl sites for hydroxylation is 2. The summed E-state index contributed by atoms with van der Waals surface area (Å²) in [5, 5.41) is 6.03. The number of thiazole rings is 1. The fourth-order valence-corrected chi connectivity index (χ4v) is 3.32. The predicted molar refractivity (Wildman–Crippen MR) is 110 cm³/mol. The van der Waals surface area contributed by atoms with Crippen LogP contribution in [0.3, 0.4) is 0 Å². The maximum Gasteiger partial charge on any atom is 0.227 e. The minimum atomic E-state index is 0.528. The lowest BCUT2D eigenvalue weighted by atomic mass is 10.3. The molecule has 0 amide bonds. The number of imidazole rings is 1. The van der Waals surface area contributed by atoms with E-state index >= 15 is 0 Å². The zero-order valence-electron chi connectivity index (χ0n) is 15.4. The zero-order valence-corrected chi connectivity index (χ0v) is 16.3. The molecule has 0 radical (unpaired) electrons.